The van der Waals surface area contributed by atoms with Crippen molar-refractivity contribution in [2.75, 3.05) is 17.7 Å². The number of aliphatic hydroxyl groups is 1. The van der Waals surface area contributed by atoms with E-state index in [4.69, 9.17) is 22.1 Å². The average Bonchev–Trinajstić information content (AvgIpc) is 3.09. The molecule has 4 N–H and O–H groups in total. The number of ether oxygens (including phenoxy) is 1. The molecular weight excluding hydrogens is 400 g/mol. The number of benzene rings is 2. The van der Waals surface area contributed by atoms with E-state index >= 15 is 0 Å². The fourth-order valence-electron chi connectivity index (χ4n) is 4.07. The van der Waals surface area contributed by atoms with Gasteiger partial charge in [-0.05, 0) is 42.9 Å². The van der Waals surface area contributed by atoms with E-state index in [-0.39, 0.29) is 29.7 Å². The predicted molar refractivity (Wildman–Crippen MR) is 120 cm³/mol. The topological polar surface area (TPSA) is 93.3 Å². The molecule has 7 heteroatoms. The molecule has 0 radical (unpaired) electrons. The van der Waals surface area contributed by atoms with Gasteiger partial charge >= 0.3 is 0 Å². The van der Waals surface area contributed by atoms with E-state index in [0.29, 0.717) is 23.0 Å². The Kier molecular flexibility index (Phi) is 6.06. The minimum absolute atomic E-state index is 0.108. The van der Waals surface area contributed by atoms with Crippen LogP contribution in [0.15, 0.2) is 54.6 Å². The fraction of sp³-hybridized carbons (Fsp3) is 0.304. The maximum absolute atomic E-state index is 9.55. The lowest BCUT2D eigenvalue weighted by Gasteiger charge is -2.21. The van der Waals surface area contributed by atoms with Gasteiger partial charge in [0.05, 0.1) is 5.56 Å². The second-order valence-electron chi connectivity index (χ2n) is 7.76. The molecule has 4 rings (SSSR count). The van der Waals surface area contributed by atoms with Crippen molar-refractivity contribution in [3.05, 3.63) is 59.8 Å². The van der Waals surface area contributed by atoms with E-state index in [9.17, 15) is 5.11 Å². The Morgan fingerprint density at radius 1 is 1.10 bits per heavy atom. The van der Waals surface area contributed by atoms with Crippen molar-refractivity contribution in [1.29, 1.82) is 0 Å². The van der Waals surface area contributed by atoms with Crippen LogP contribution in [0.4, 0.5) is 11.8 Å². The first kappa shape index (κ1) is 20.4. The first-order valence-corrected chi connectivity index (χ1v) is 10.5. The van der Waals surface area contributed by atoms with Gasteiger partial charge in [-0.1, -0.05) is 54.9 Å². The molecule has 1 aliphatic rings. The van der Waals surface area contributed by atoms with Gasteiger partial charge in [0.1, 0.15) is 22.5 Å². The standard InChI is InChI=1S/C23H25ClN4O2/c1-14-11-15(13-29)12-18(14)26-22-20(21(24)27-23(25)28-22)17-9-5-6-10-19(17)30-16-7-3-2-4-8-16/h2-10,14-15,18,29H,11-13H2,1H3,(H3,25,26,27,28)/t14-,15-,18-/m1/s1. The molecule has 0 amide bonds. The van der Waals surface area contributed by atoms with Gasteiger partial charge < -0.3 is 20.9 Å². The van der Waals surface area contributed by atoms with Crippen molar-refractivity contribution in [3.8, 4) is 22.6 Å². The number of nitrogens with two attached hydrogens (primary N) is 1. The summed E-state index contributed by atoms with van der Waals surface area (Å²) in [6, 6.07) is 17.4. The molecule has 0 aliphatic heterocycles. The van der Waals surface area contributed by atoms with Crippen LogP contribution >= 0.6 is 11.6 Å². The normalized spacial score (nSPS) is 20.8. The van der Waals surface area contributed by atoms with Gasteiger partial charge in [-0.25, -0.2) is 4.98 Å². The number of aliphatic hydroxyl groups excluding tert-OH is 1. The Morgan fingerprint density at radius 3 is 2.57 bits per heavy atom. The smallest absolute Gasteiger partial charge is 0.223 e. The van der Waals surface area contributed by atoms with Crippen molar-refractivity contribution in [1.82, 2.24) is 9.97 Å². The molecule has 1 heterocycles. The summed E-state index contributed by atoms with van der Waals surface area (Å²) in [5.41, 5.74) is 7.34. The Bertz CT molecular complexity index is 1020. The van der Waals surface area contributed by atoms with Gasteiger partial charge in [-0.2, -0.15) is 4.98 Å². The summed E-state index contributed by atoms with van der Waals surface area (Å²) in [6.07, 6.45) is 1.83. The number of para-hydroxylation sites is 2. The second kappa shape index (κ2) is 8.90. The number of rotatable bonds is 6. The van der Waals surface area contributed by atoms with E-state index in [1.807, 2.05) is 54.6 Å². The monoisotopic (exact) mass is 424 g/mol. The lowest BCUT2D eigenvalue weighted by atomic mass is 10.0. The van der Waals surface area contributed by atoms with Crippen LogP contribution < -0.4 is 15.8 Å². The maximum atomic E-state index is 9.55. The van der Waals surface area contributed by atoms with Gasteiger partial charge in [0, 0.05) is 18.2 Å². The van der Waals surface area contributed by atoms with Crippen molar-refractivity contribution in [2.24, 2.45) is 11.8 Å². The highest BCUT2D eigenvalue weighted by Crippen LogP contribution is 2.42. The van der Waals surface area contributed by atoms with Crippen LogP contribution in [0.3, 0.4) is 0 Å². The maximum Gasteiger partial charge on any atom is 0.223 e. The molecule has 30 heavy (non-hydrogen) atoms. The zero-order chi connectivity index (χ0) is 21.1. The number of nitrogens with zero attached hydrogens (tertiary/aromatic N) is 2. The highest BCUT2D eigenvalue weighted by Gasteiger charge is 2.32. The molecule has 1 aliphatic carbocycles. The lowest BCUT2D eigenvalue weighted by Crippen LogP contribution is -2.23. The summed E-state index contributed by atoms with van der Waals surface area (Å²) in [4.78, 5) is 8.64. The quantitative estimate of drug-likeness (QED) is 0.482. The van der Waals surface area contributed by atoms with Crippen LogP contribution in [0, 0.1) is 11.8 Å². The van der Waals surface area contributed by atoms with Gasteiger partial charge in [-0.3, -0.25) is 0 Å². The summed E-state index contributed by atoms with van der Waals surface area (Å²) in [5.74, 6) is 2.73. The minimum Gasteiger partial charge on any atom is -0.457 e. The molecule has 1 fully saturated rings. The third-order valence-electron chi connectivity index (χ3n) is 5.57. The molecule has 156 valence electrons. The van der Waals surface area contributed by atoms with Crippen molar-refractivity contribution < 1.29 is 9.84 Å². The third-order valence-corrected chi connectivity index (χ3v) is 5.84. The Morgan fingerprint density at radius 2 is 1.83 bits per heavy atom. The van der Waals surface area contributed by atoms with Crippen LogP contribution in [-0.2, 0) is 0 Å². The first-order valence-electron chi connectivity index (χ1n) is 10.1. The number of halogens is 1. The molecule has 0 spiro atoms. The SMILES string of the molecule is C[C@@H]1C[C@@H](CO)C[C@H]1Nc1nc(N)nc(Cl)c1-c1ccccc1Oc1ccccc1. The van der Waals surface area contributed by atoms with E-state index in [1.54, 1.807) is 0 Å². The Labute approximate surface area is 181 Å². The summed E-state index contributed by atoms with van der Waals surface area (Å²) in [5, 5.41) is 13.3. The molecule has 0 bridgehead atoms. The number of hydrogen-bond acceptors (Lipinski definition) is 6. The number of nitrogens with one attached hydrogen (secondary N) is 1. The number of hydrogen-bond donors (Lipinski definition) is 3. The Hall–Kier alpha value is -2.83. The molecule has 6 nitrogen and oxygen atoms in total. The highest BCUT2D eigenvalue weighted by atomic mass is 35.5. The van der Waals surface area contributed by atoms with Crippen LogP contribution in [0.25, 0.3) is 11.1 Å². The molecule has 1 saturated carbocycles. The lowest BCUT2D eigenvalue weighted by molar-refractivity contribution is 0.226. The van der Waals surface area contributed by atoms with E-state index < -0.39 is 0 Å². The number of nitrogen functional groups attached to an aromatic ring is 1. The Balaban J connectivity index is 1.73. The number of anilines is 2. The largest absolute Gasteiger partial charge is 0.457 e. The summed E-state index contributed by atoms with van der Waals surface area (Å²) in [6.45, 7) is 2.36. The van der Waals surface area contributed by atoms with Crippen LogP contribution in [0.1, 0.15) is 19.8 Å². The molecular formula is C23H25ClN4O2. The summed E-state index contributed by atoms with van der Waals surface area (Å²) >= 11 is 6.56. The molecule has 3 aromatic rings. The van der Waals surface area contributed by atoms with Crippen molar-refractivity contribution in [2.45, 2.75) is 25.8 Å². The van der Waals surface area contributed by atoms with Gasteiger partial charge in [-0.15, -0.1) is 0 Å². The van der Waals surface area contributed by atoms with Crippen molar-refractivity contribution >= 4 is 23.4 Å². The van der Waals surface area contributed by atoms with Crippen molar-refractivity contribution in [3.63, 3.8) is 0 Å². The van der Waals surface area contributed by atoms with Gasteiger partial charge in [0.25, 0.3) is 0 Å². The zero-order valence-corrected chi connectivity index (χ0v) is 17.5. The minimum atomic E-state index is 0.108. The van der Waals surface area contributed by atoms with Crippen LogP contribution in [0.2, 0.25) is 5.15 Å². The van der Waals surface area contributed by atoms with Crippen LogP contribution in [0.5, 0.6) is 11.5 Å². The molecule has 1 aromatic heterocycles. The van der Waals surface area contributed by atoms with E-state index in [0.717, 1.165) is 24.2 Å². The molecule has 2 aromatic carbocycles. The second-order valence-corrected chi connectivity index (χ2v) is 8.11. The first-order chi connectivity index (χ1) is 14.5. The van der Waals surface area contributed by atoms with E-state index in [1.165, 1.54) is 0 Å². The third kappa shape index (κ3) is 4.35. The molecule has 3 atom stereocenters. The summed E-state index contributed by atoms with van der Waals surface area (Å²) in [7, 11) is 0. The molecule has 0 saturated heterocycles. The van der Waals surface area contributed by atoms with Crippen LogP contribution in [-0.4, -0.2) is 27.7 Å². The van der Waals surface area contributed by atoms with Gasteiger partial charge in [0.15, 0.2) is 0 Å². The molecule has 0 unspecified atom stereocenters. The predicted octanol–water partition coefficient (Wildman–Crippen LogP) is 4.99. The van der Waals surface area contributed by atoms with E-state index in [2.05, 4.69) is 22.2 Å². The highest BCUT2D eigenvalue weighted by molar-refractivity contribution is 6.33. The average molecular weight is 425 g/mol. The number of aromatic nitrogens is 2. The zero-order valence-electron chi connectivity index (χ0n) is 16.8. The van der Waals surface area contributed by atoms with Gasteiger partial charge in [0.2, 0.25) is 5.95 Å². The summed E-state index contributed by atoms with van der Waals surface area (Å²) < 4.78 is 6.12. The fourth-order valence-corrected chi connectivity index (χ4v) is 4.35.